The summed E-state index contributed by atoms with van der Waals surface area (Å²) in [6.45, 7) is 4.67. The van der Waals surface area contributed by atoms with E-state index in [9.17, 15) is 0 Å². The SMILES string of the molecule is Cc1ccc(C)c(CS/C(N)=N/CCC#N)c1. The first-order chi connectivity index (χ1) is 8.13. The molecule has 0 atom stereocenters. The minimum atomic E-state index is 0.421. The Balaban J connectivity index is 2.53. The first-order valence-corrected chi connectivity index (χ1v) is 6.48. The van der Waals surface area contributed by atoms with E-state index in [1.54, 1.807) is 0 Å². The number of nitrogens with zero attached hydrogens (tertiary/aromatic N) is 2. The third-order valence-electron chi connectivity index (χ3n) is 2.37. The Labute approximate surface area is 107 Å². The summed E-state index contributed by atoms with van der Waals surface area (Å²) in [7, 11) is 0. The molecule has 1 aromatic rings. The minimum absolute atomic E-state index is 0.421. The molecule has 0 bridgehead atoms. The van der Waals surface area contributed by atoms with Gasteiger partial charge in [0, 0.05) is 5.75 Å². The number of thioether (sulfide) groups is 1. The summed E-state index contributed by atoms with van der Waals surface area (Å²) in [4.78, 5) is 4.12. The van der Waals surface area contributed by atoms with E-state index in [0.717, 1.165) is 5.75 Å². The molecule has 0 aromatic heterocycles. The zero-order chi connectivity index (χ0) is 12.7. The molecule has 0 radical (unpaired) electrons. The number of aliphatic imine (C=N–C) groups is 1. The summed E-state index contributed by atoms with van der Waals surface area (Å²) in [5.74, 6) is 0.829. The van der Waals surface area contributed by atoms with Gasteiger partial charge in [0.15, 0.2) is 5.17 Å². The zero-order valence-corrected chi connectivity index (χ0v) is 11.0. The second-order valence-electron chi connectivity index (χ2n) is 3.85. The third-order valence-corrected chi connectivity index (χ3v) is 3.25. The number of rotatable bonds is 4. The second kappa shape index (κ2) is 6.97. The van der Waals surface area contributed by atoms with Gasteiger partial charge in [0.2, 0.25) is 0 Å². The lowest BCUT2D eigenvalue weighted by Crippen LogP contribution is -2.08. The molecule has 90 valence electrons. The maximum absolute atomic E-state index is 8.39. The van der Waals surface area contributed by atoms with Crippen LogP contribution in [0.2, 0.25) is 0 Å². The molecule has 0 aliphatic heterocycles. The Bertz CT molecular complexity index is 446. The molecule has 0 aliphatic carbocycles. The van der Waals surface area contributed by atoms with E-state index < -0.39 is 0 Å². The molecule has 2 N–H and O–H groups in total. The Hall–Kier alpha value is -1.47. The molecule has 0 unspecified atom stereocenters. The standard InChI is InChI=1S/C13H17N3S/c1-10-4-5-11(2)12(8-10)9-17-13(15)16-7-3-6-14/h4-5,8H,3,7,9H2,1-2H3,(H2,15,16). The van der Waals surface area contributed by atoms with E-state index in [4.69, 9.17) is 11.0 Å². The molecule has 0 aliphatic rings. The number of hydrogen-bond donors (Lipinski definition) is 1. The highest BCUT2D eigenvalue weighted by molar-refractivity contribution is 8.13. The average Bonchev–Trinajstić information content (AvgIpc) is 2.31. The highest BCUT2D eigenvalue weighted by atomic mass is 32.2. The van der Waals surface area contributed by atoms with E-state index in [2.05, 4.69) is 37.0 Å². The highest BCUT2D eigenvalue weighted by Gasteiger charge is 2.01. The van der Waals surface area contributed by atoms with Crippen LogP contribution in [0.25, 0.3) is 0 Å². The molecular formula is C13H17N3S. The molecule has 0 spiro atoms. The smallest absolute Gasteiger partial charge is 0.154 e. The van der Waals surface area contributed by atoms with Crippen molar-refractivity contribution < 1.29 is 0 Å². The van der Waals surface area contributed by atoms with Crippen molar-refractivity contribution in [2.45, 2.75) is 26.0 Å². The Morgan fingerprint density at radius 3 is 2.94 bits per heavy atom. The van der Waals surface area contributed by atoms with Gasteiger partial charge in [-0.15, -0.1) is 0 Å². The van der Waals surface area contributed by atoms with Gasteiger partial charge in [-0.1, -0.05) is 35.5 Å². The lowest BCUT2D eigenvalue weighted by Gasteiger charge is -2.06. The van der Waals surface area contributed by atoms with Gasteiger partial charge in [0.25, 0.3) is 0 Å². The molecule has 0 saturated heterocycles. The molecule has 1 aromatic carbocycles. The van der Waals surface area contributed by atoms with Crippen LogP contribution in [-0.2, 0) is 5.75 Å². The van der Waals surface area contributed by atoms with E-state index in [-0.39, 0.29) is 0 Å². The largest absolute Gasteiger partial charge is 0.379 e. The predicted molar refractivity (Wildman–Crippen MR) is 73.9 cm³/mol. The molecule has 0 heterocycles. The van der Waals surface area contributed by atoms with Crippen LogP contribution >= 0.6 is 11.8 Å². The first-order valence-electron chi connectivity index (χ1n) is 5.49. The maximum Gasteiger partial charge on any atom is 0.154 e. The number of aryl methyl sites for hydroxylation is 2. The van der Waals surface area contributed by atoms with Crippen LogP contribution in [-0.4, -0.2) is 11.7 Å². The predicted octanol–water partition coefficient (Wildman–Crippen LogP) is 2.77. The number of amidine groups is 1. The Morgan fingerprint density at radius 1 is 1.47 bits per heavy atom. The molecule has 4 heteroatoms. The fourth-order valence-corrected chi connectivity index (χ4v) is 2.17. The molecule has 0 amide bonds. The van der Waals surface area contributed by atoms with Crippen LogP contribution in [0.15, 0.2) is 23.2 Å². The van der Waals surface area contributed by atoms with Gasteiger partial charge in [-0.2, -0.15) is 5.26 Å². The number of nitrogens with two attached hydrogens (primary N) is 1. The van der Waals surface area contributed by atoms with Crippen molar-refractivity contribution in [3.8, 4) is 6.07 Å². The van der Waals surface area contributed by atoms with Crippen molar-refractivity contribution in [1.29, 1.82) is 5.26 Å². The van der Waals surface area contributed by atoms with E-state index in [1.807, 2.05) is 6.07 Å². The van der Waals surface area contributed by atoms with Crippen molar-refractivity contribution >= 4 is 16.9 Å². The fourth-order valence-electron chi connectivity index (χ4n) is 1.37. The van der Waals surface area contributed by atoms with E-state index >= 15 is 0 Å². The number of benzene rings is 1. The third kappa shape index (κ3) is 4.92. The summed E-state index contributed by atoms with van der Waals surface area (Å²) in [5.41, 5.74) is 9.57. The van der Waals surface area contributed by atoms with Gasteiger partial charge < -0.3 is 5.73 Å². The van der Waals surface area contributed by atoms with Crippen LogP contribution in [0, 0.1) is 25.2 Å². The van der Waals surface area contributed by atoms with Crippen molar-refractivity contribution in [3.63, 3.8) is 0 Å². The minimum Gasteiger partial charge on any atom is -0.379 e. The van der Waals surface area contributed by atoms with Crippen LogP contribution in [0.5, 0.6) is 0 Å². The zero-order valence-electron chi connectivity index (χ0n) is 10.2. The molecular weight excluding hydrogens is 230 g/mol. The normalized spacial score (nSPS) is 11.2. The Kier molecular flexibility index (Phi) is 5.58. The number of hydrogen-bond acceptors (Lipinski definition) is 3. The lowest BCUT2D eigenvalue weighted by atomic mass is 10.1. The summed E-state index contributed by atoms with van der Waals surface area (Å²) in [5, 5.41) is 8.94. The van der Waals surface area contributed by atoms with Gasteiger partial charge in [-0.25, -0.2) is 0 Å². The summed E-state index contributed by atoms with van der Waals surface area (Å²) in [6.07, 6.45) is 0.421. The molecule has 17 heavy (non-hydrogen) atoms. The van der Waals surface area contributed by atoms with E-state index in [1.165, 1.54) is 28.5 Å². The monoisotopic (exact) mass is 247 g/mol. The van der Waals surface area contributed by atoms with Crippen molar-refractivity contribution in [2.24, 2.45) is 10.7 Å². The first kappa shape index (κ1) is 13.6. The molecule has 0 saturated carbocycles. The van der Waals surface area contributed by atoms with Gasteiger partial charge >= 0.3 is 0 Å². The molecule has 3 nitrogen and oxygen atoms in total. The van der Waals surface area contributed by atoms with Gasteiger partial charge in [0.1, 0.15) is 0 Å². The maximum atomic E-state index is 8.39. The number of nitriles is 1. The highest BCUT2D eigenvalue weighted by Crippen LogP contribution is 2.17. The van der Waals surface area contributed by atoms with Gasteiger partial charge in [0.05, 0.1) is 19.0 Å². The Morgan fingerprint density at radius 2 is 2.24 bits per heavy atom. The topological polar surface area (TPSA) is 62.2 Å². The van der Waals surface area contributed by atoms with E-state index in [0.29, 0.717) is 18.1 Å². The van der Waals surface area contributed by atoms with Crippen molar-refractivity contribution in [1.82, 2.24) is 0 Å². The molecule has 0 fully saturated rings. The quantitative estimate of drug-likeness (QED) is 0.505. The fraction of sp³-hybridized carbons (Fsp3) is 0.385. The van der Waals surface area contributed by atoms with Crippen LogP contribution in [0.4, 0.5) is 0 Å². The van der Waals surface area contributed by atoms with Crippen LogP contribution in [0.3, 0.4) is 0 Å². The van der Waals surface area contributed by atoms with Gasteiger partial charge in [-0.3, -0.25) is 4.99 Å². The van der Waals surface area contributed by atoms with Crippen molar-refractivity contribution in [3.05, 3.63) is 34.9 Å². The second-order valence-corrected chi connectivity index (χ2v) is 4.84. The van der Waals surface area contributed by atoms with Crippen molar-refractivity contribution in [2.75, 3.05) is 6.54 Å². The summed E-state index contributed by atoms with van der Waals surface area (Å²) >= 11 is 1.52. The van der Waals surface area contributed by atoms with Crippen LogP contribution < -0.4 is 5.73 Å². The molecule has 1 rings (SSSR count). The van der Waals surface area contributed by atoms with Gasteiger partial charge in [-0.05, 0) is 25.0 Å². The average molecular weight is 247 g/mol. The van der Waals surface area contributed by atoms with Crippen LogP contribution in [0.1, 0.15) is 23.1 Å². The summed E-state index contributed by atoms with van der Waals surface area (Å²) < 4.78 is 0. The lowest BCUT2D eigenvalue weighted by molar-refractivity contribution is 1.02. The summed E-state index contributed by atoms with van der Waals surface area (Å²) in [6, 6.07) is 8.44.